The number of benzene rings is 1. The van der Waals surface area contributed by atoms with E-state index in [2.05, 4.69) is 16.7 Å². The van der Waals surface area contributed by atoms with Gasteiger partial charge in [0.1, 0.15) is 11.2 Å². The first kappa shape index (κ1) is 20.2. The van der Waals surface area contributed by atoms with Crippen LogP contribution in [0, 0.1) is 21.4 Å². The maximum absolute atomic E-state index is 12.4. The van der Waals surface area contributed by atoms with Crippen molar-refractivity contribution in [2.24, 2.45) is 0 Å². The Labute approximate surface area is 156 Å². The number of rotatable bonds is 6. The van der Waals surface area contributed by atoms with Gasteiger partial charge in [-0.05, 0) is 31.9 Å². The molecule has 1 aromatic carbocycles. The summed E-state index contributed by atoms with van der Waals surface area (Å²) in [5.74, 6) is -1.41. The van der Waals surface area contributed by atoms with Crippen molar-refractivity contribution in [3.63, 3.8) is 0 Å². The number of nitro benzene ring substituents is 1. The van der Waals surface area contributed by atoms with Crippen LogP contribution in [0.2, 0.25) is 0 Å². The number of carbonyl (C=O) groups excluding carboxylic acids is 2. The van der Waals surface area contributed by atoms with Gasteiger partial charge in [0.05, 0.1) is 16.6 Å². The molecule has 1 aliphatic rings. The highest BCUT2D eigenvalue weighted by Crippen LogP contribution is 2.28. The van der Waals surface area contributed by atoms with E-state index in [1.807, 2.05) is 0 Å². The minimum absolute atomic E-state index is 0.0342. The van der Waals surface area contributed by atoms with E-state index in [1.165, 1.54) is 26.1 Å². The fourth-order valence-corrected chi connectivity index (χ4v) is 3.06. The van der Waals surface area contributed by atoms with Crippen LogP contribution in [0.15, 0.2) is 18.2 Å². The van der Waals surface area contributed by atoms with Crippen LogP contribution in [0.5, 0.6) is 0 Å². The molecule has 0 unspecified atom stereocenters. The van der Waals surface area contributed by atoms with Gasteiger partial charge in [-0.25, -0.2) is 4.79 Å². The van der Waals surface area contributed by atoms with Gasteiger partial charge in [0.15, 0.2) is 6.10 Å². The van der Waals surface area contributed by atoms with E-state index in [1.54, 1.807) is 0 Å². The van der Waals surface area contributed by atoms with Gasteiger partial charge in [-0.15, -0.1) is 0 Å². The number of hydrogen-bond acceptors (Lipinski definition) is 7. The predicted octanol–water partition coefficient (Wildman–Crippen LogP) is 2.52. The highest BCUT2D eigenvalue weighted by Gasteiger charge is 2.35. The topological polar surface area (TPSA) is 134 Å². The Hall–Kier alpha value is -3.15. The van der Waals surface area contributed by atoms with Gasteiger partial charge in [-0.2, -0.15) is 5.26 Å². The molecular weight excluding hydrogens is 352 g/mol. The summed E-state index contributed by atoms with van der Waals surface area (Å²) < 4.78 is 5.13. The minimum Gasteiger partial charge on any atom is -0.449 e. The summed E-state index contributed by atoms with van der Waals surface area (Å²) in [4.78, 5) is 35.1. The SMILES string of the molecule is CNc1ccc(C(=O)O[C@H](C)C(=O)NC2(C#N)CCCCC2)cc1[N+](=O)[O-]. The second kappa shape index (κ2) is 8.49. The lowest BCUT2D eigenvalue weighted by Crippen LogP contribution is -2.52. The van der Waals surface area contributed by atoms with E-state index in [0.717, 1.165) is 25.3 Å². The van der Waals surface area contributed by atoms with Crippen LogP contribution < -0.4 is 10.6 Å². The van der Waals surface area contributed by atoms with Gasteiger partial charge in [0.2, 0.25) is 0 Å². The number of carbonyl (C=O) groups is 2. The van der Waals surface area contributed by atoms with Crippen LogP contribution in [0.3, 0.4) is 0 Å². The van der Waals surface area contributed by atoms with Crippen LogP contribution in [-0.2, 0) is 9.53 Å². The molecule has 1 atom stereocenters. The average Bonchev–Trinajstić information content (AvgIpc) is 2.67. The molecule has 27 heavy (non-hydrogen) atoms. The van der Waals surface area contributed by atoms with Crippen molar-refractivity contribution in [1.29, 1.82) is 5.26 Å². The van der Waals surface area contributed by atoms with Crippen LogP contribution in [0.1, 0.15) is 49.4 Å². The lowest BCUT2D eigenvalue weighted by molar-refractivity contribution is -0.384. The summed E-state index contributed by atoms with van der Waals surface area (Å²) in [6.45, 7) is 1.40. The fraction of sp³-hybridized carbons (Fsp3) is 0.500. The Kier molecular flexibility index (Phi) is 6.34. The number of nitro groups is 1. The lowest BCUT2D eigenvalue weighted by Gasteiger charge is -2.32. The van der Waals surface area contributed by atoms with E-state index in [-0.39, 0.29) is 16.9 Å². The first-order chi connectivity index (χ1) is 12.8. The highest BCUT2D eigenvalue weighted by molar-refractivity contribution is 5.93. The van der Waals surface area contributed by atoms with E-state index in [4.69, 9.17) is 4.74 Å². The summed E-state index contributed by atoms with van der Waals surface area (Å²) in [6.07, 6.45) is 2.71. The second-order valence-corrected chi connectivity index (χ2v) is 6.53. The maximum Gasteiger partial charge on any atom is 0.339 e. The molecule has 144 valence electrons. The van der Waals surface area contributed by atoms with Crippen molar-refractivity contribution >= 4 is 23.3 Å². The molecule has 9 heteroatoms. The third-order valence-corrected chi connectivity index (χ3v) is 4.64. The molecule has 0 spiro atoms. The van der Waals surface area contributed by atoms with Gasteiger partial charge in [-0.1, -0.05) is 19.3 Å². The van der Waals surface area contributed by atoms with Crippen LogP contribution in [0.25, 0.3) is 0 Å². The minimum atomic E-state index is -1.13. The number of hydrogen-bond donors (Lipinski definition) is 2. The third-order valence-electron chi connectivity index (χ3n) is 4.64. The largest absolute Gasteiger partial charge is 0.449 e. The molecule has 1 aromatic rings. The fourth-order valence-electron chi connectivity index (χ4n) is 3.06. The first-order valence-corrected chi connectivity index (χ1v) is 8.72. The van der Waals surface area contributed by atoms with E-state index < -0.39 is 28.4 Å². The van der Waals surface area contributed by atoms with E-state index >= 15 is 0 Å². The molecule has 0 heterocycles. The van der Waals surface area contributed by atoms with Crippen molar-refractivity contribution in [2.45, 2.75) is 50.7 Å². The van der Waals surface area contributed by atoms with Gasteiger partial charge in [0.25, 0.3) is 11.6 Å². The van der Waals surface area contributed by atoms with Crippen molar-refractivity contribution in [1.82, 2.24) is 5.32 Å². The van der Waals surface area contributed by atoms with Crippen molar-refractivity contribution < 1.29 is 19.2 Å². The summed E-state index contributed by atoms with van der Waals surface area (Å²) in [7, 11) is 1.53. The Balaban J connectivity index is 2.06. The number of esters is 1. The second-order valence-electron chi connectivity index (χ2n) is 6.53. The molecule has 1 saturated carbocycles. The van der Waals surface area contributed by atoms with Crippen LogP contribution >= 0.6 is 0 Å². The predicted molar refractivity (Wildman–Crippen MR) is 97.1 cm³/mol. The summed E-state index contributed by atoms with van der Waals surface area (Å²) >= 11 is 0. The first-order valence-electron chi connectivity index (χ1n) is 8.72. The van der Waals surface area contributed by atoms with Crippen molar-refractivity contribution in [3.05, 3.63) is 33.9 Å². The molecule has 0 aliphatic heterocycles. The molecule has 2 N–H and O–H groups in total. The summed E-state index contributed by atoms with van der Waals surface area (Å²) in [5.41, 5.74) is -0.971. The zero-order valence-electron chi connectivity index (χ0n) is 15.3. The number of nitriles is 1. The zero-order valence-corrected chi connectivity index (χ0v) is 15.3. The molecular formula is C18H22N4O5. The molecule has 1 fully saturated rings. The molecule has 9 nitrogen and oxygen atoms in total. The molecule has 0 radical (unpaired) electrons. The standard InChI is InChI=1S/C18H22N4O5/c1-12(16(23)21-18(11-19)8-4-3-5-9-18)27-17(24)13-6-7-14(20-2)15(10-13)22(25)26/h6-7,10,12,20H,3-5,8-9H2,1-2H3,(H,21,23)/t12-/m1/s1. The van der Waals surface area contributed by atoms with E-state index in [0.29, 0.717) is 12.8 Å². The Morgan fingerprint density at radius 1 is 1.33 bits per heavy atom. The molecule has 0 saturated heterocycles. The lowest BCUT2D eigenvalue weighted by atomic mass is 9.83. The van der Waals surface area contributed by atoms with Crippen LogP contribution in [0.4, 0.5) is 11.4 Å². The monoisotopic (exact) mass is 374 g/mol. The van der Waals surface area contributed by atoms with Gasteiger partial charge in [0, 0.05) is 13.1 Å². The molecule has 1 amide bonds. The number of nitrogens with zero attached hydrogens (tertiary/aromatic N) is 2. The number of ether oxygens (including phenoxy) is 1. The van der Waals surface area contributed by atoms with Crippen molar-refractivity contribution in [2.75, 3.05) is 12.4 Å². The number of anilines is 1. The van der Waals surface area contributed by atoms with Crippen LogP contribution in [-0.4, -0.2) is 35.5 Å². The van der Waals surface area contributed by atoms with E-state index in [9.17, 15) is 25.0 Å². The normalized spacial score (nSPS) is 16.5. The zero-order chi connectivity index (χ0) is 20.0. The molecule has 0 aromatic heterocycles. The average molecular weight is 374 g/mol. The van der Waals surface area contributed by atoms with Gasteiger partial charge in [-0.3, -0.25) is 14.9 Å². The van der Waals surface area contributed by atoms with Gasteiger partial charge < -0.3 is 15.4 Å². The summed E-state index contributed by atoms with van der Waals surface area (Å²) in [6, 6.07) is 6.03. The molecule has 2 rings (SSSR count). The van der Waals surface area contributed by atoms with Crippen molar-refractivity contribution in [3.8, 4) is 6.07 Å². The Bertz CT molecular complexity index is 780. The highest BCUT2D eigenvalue weighted by atomic mass is 16.6. The molecule has 1 aliphatic carbocycles. The quantitative estimate of drug-likeness (QED) is 0.444. The Morgan fingerprint density at radius 2 is 2.00 bits per heavy atom. The molecule has 0 bridgehead atoms. The van der Waals surface area contributed by atoms with Gasteiger partial charge >= 0.3 is 5.97 Å². The summed E-state index contributed by atoms with van der Waals surface area (Å²) in [5, 5.41) is 25.9. The third kappa shape index (κ3) is 4.73. The number of nitrogens with one attached hydrogen (secondary N) is 2. The smallest absolute Gasteiger partial charge is 0.339 e. The number of amides is 1. The maximum atomic E-state index is 12.4. The Morgan fingerprint density at radius 3 is 2.56 bits per heavy atom.